The maximum atomic E-state index is 14.6. The molecule has 0 radical (unpaired) electrons. The third-order valence-electron chi connectivity index (χ3n) is 11.1. The highest BCUT2D eigenvalue weighted by Crippen LogP contribution is 2.67. The van der Waals surface area contributed by atoms with Gasteiger partial charge in [0.2, 0.25) is 5.78 Å². The van der Waals surface area contributed by atoms with Crippen LogP contribution in [0, 0.1) is 22.7 Å². The summed E-state index contributed by atoms with van der Waals surface area (Å²) in [6.07, 6.45) is 1.84. The third-order valence-corrected chi connectivity index (χ3v) is 11.1. The lowest BCUT2D eigenvalue weighted by atomic mass is 9.40. The van der Waals surface area contributed by atoms with Crippen LogP contribution in [0.2, 0.25) is 0 Å². The summed E-state index contributed by atoms with van der Waals surface area (Å²) >= 11 is 0. The van der Waals surface area contributed by atoms with E-state index in [-0.39, 0.29) is 22.3 Å². The molecule has 1 saturated carbocycles. The van der Waals surface area contributed by atoms with Crippen molar-refractivity contribution in [3.05, 3.63) is 81.1 Å². The molecule has 8 heteroatoms. The van der Waals surface area contributed by atoms with Crippen molar-refractivity contribution in [3.8, 4) is 5.75 Å². The average Bonchev–Trinajstić information content (AvgIpc) is 2.96. The number of aliphatic hydroxyl groups is 4. The van der Waals surface area contributed by atoms with Crippen LogP contribution in [-0.4, -0.2) is 54.6 Å². The smallest absolute Gasteiger partial charge is 0.203 e. The molecule has 0 spiro atoms. The fourth-order valence-electron chi connectivity index (χ4n) is 8.36. The molecule has 244 valence electrons. The SMILES string of the molecule is CC(=O)C1=C(O)[C@]2(O)C(=O)C3=C(O)c4c(ccc(/C=C/c5ccc(C(C)(C)C)cc5)c4O)[C@@H](C)[C@]3(C)[C@@H](O)[C@]2(C)C(C(C)C)C1=O. The van der Waals surface area contributed by atoms with Gasteiger partial charge >= 0.3 is 0 Å². The van der Waals surface area contributed by atoms with Crippen molar-refractivity contribution in [1.82, 2.24) is 0 Å². The van der Waals surface area contributed by atoms with Gasteiger partial charge in [-0.1, -0.05) is 104 Å². The zero-order valence-electron chi connectivity index (χ0n) is 27.9. The standard InChI is InChI=1S/C38H44O8/c1-18(2)27-30(41)25(20(4)39)32(43)38(46)33(44)28-31(42)26-24(19(3)36(28,8)34(45)37(27,38)9)17-14-22(29(26)40)13-10-21-11-15-23(16-12-21)35(5,6)7/h10-19,27,34,40,42-43,45-46H,1-9H3/b13-10+/t19-,27?,34-,36+,37+,38+/m1/s1. The first kappa shape index (κ1) is 33.4. The molecule has 3 aliphatic rings. The fourth-order valence-corrected chi connectivity index (χ4v) is 8.36. The van der Waals surface area contributed by atoms with Crippen molar-refractivity contribution in [2.75, 3.05) is 0 Å². The first-order valence-electron chi connectivity index (χ1n) is 15.7. The van der Waals surface area contributed by atoms with Gasteiger partial charge in [0.05, 0.1) is 17.2 Å². The van der Waals surface area contributed by atoms with Crippen molar-refractivity contribution in [3.63, 3.8) is 0 Å². The number of allylic oxidation sites excluding steroid dienone is 1. The first-order valence-corrected chi connectivity index (χ1v) is 15.7. The van der Waals surface area contributed by atoms with Gasteiger partial charge in [0.25, 0.3) is 0 Å². The van der Waals surface area contributed by atoms with E-state index in [1.807, 2.05) is 30.3 Å². The Balaban J connectivity index is 1.72. The maximum absolute atomic E-state index is 14.6. The van der Waals surface area contributed by atoms with Crippen molar-refractivity contribution < 1.29 is 39.9 Å². The Morgan fingerprint density at radius 2 is 1.54 bits per heavy atom. The van der Waals surface area contributed by atoms with Crippen LogP contribution >= 0.6 is 0 Å². The molecule has 0 aliphatic heterocycles. The van der Waals surface area contributed by atoms with E-state index >= 15 is 0 Å². The van der Waals surface area contributed by atoms with Gasteiger partial charge in [-0.3, -0.25) is 14.4 Å². The van der Waals surface area contributed by atoms with Crippen LogP contribution in [-0.2, 0) is 19.8 Å². The summed E-state index contributed by atoms with van der Waals surface area (Å²) in [5, 5.41) is 59.3. The fraction of sp³-hybridized carbons (Fsp3) is 0.447. The molecule has 3 aliphatic carbocycles. The highest BCUT2D eigenvalue weighted by atomic mass is 16.4. The summed E-state index contributed by atoms with van der Waals surface area (Å²) in [4.78, 5) is 40.9. The number of Topliss-reactive ketones (excluding diaryl/α,β-unsaturated/α-hetero) is 3. The number of benzene rings is 2. The van der Waals surface area contributed by atoms with E-state index in [1.165, 1.54) is 12.5 Å². The Morgan fingerprint density at radius 3 is 2.07 bits per heavy atom. The number of hydrogen-bond acceptors (Lipinski definition) is 8. The highest BCUT2D eigenvalue weighted by Gasteiger charge is 2.77. The number of phenols is 1. The quantitative estimate of drug-likeness (QED) is 0.199. The van der Waals surface area contributed by atoms with Crippen LogP contribution in [0.25, 0.3) is 17.9 Å². The van der Waals surface area contributed by atoms with Gasteiger partial charge in [-0.2, -0.15) is 0 Å². The molecule has 0 heterocycles. The number of carbonyl (C=O) groups is 3. The first-order chi connectivity index (χ1) is 21.2. The predicted molar refractivity (Wildman–Crippen MR) is 176 cm³/mol. The number of rotatable bonds is 4. The van der Waals surface area contributed by atoms with Crippen molar-refractivity contribution in [2.24, 2.45) is 22.7 Å². The summed E-state index contributed by atoms with van der Waals surface area (Å²) in [6, 6.07) is 11.4. The Bertz CT molecular complexity index is 1770. The average molecular weight is 629 g/mol. The highest BCUT2D eigenvalue weighted by molar-refractivity contribution is 6.24. The topological polar surface area (TPSA) is 152 Å². The molecule has 0 aromatic heterocycles. The molecule has 5 rings (SSSR count). The minimum absolute atomic E-state index is 0.00693. The van der Waals surface area contributed by atoms with Crippen molar-refractivity contribution in [2.45, 2.75) is 85.4 Å². The monoisotopic (exact) mass is 628 g/mol. The Labute approximate surface area is 269 Å². The summed E-state index contributed by atoms with van der Waals surface area (Å²) in [7, 11) is 0. The molecular weight excluding hydrogens is 584 g/mol. The van der Waals surface area contributed by atoms with E-state index in [0.29, 0.717) is 11.1 Å². The number of aliphatic hydroxyl groups excluding tert-OH is 3. The summed E-state index contributed by atoms with van der Waals surface area (Å²) in [6.45, 7) is 15.5. The summed E-state index contributed by atoms with van der Waals surface area (Å²) < 4.78 is 0. The van der Waals surface area contributed by atoms with Crippen molar-refractivity contribution in [1.29, 1.82) is 0 Å². The second kappa shape index (κ2) is 10.5. The number of aromatic hydroxyl groups is 1. The van der Waals surface area contributed by atoms with E-state index in [0.717, 1.165) is 12.5 Å². The van der Waals surface area contributed by atoms with Crippen LogP contribution in [0.4, 0.5) is 0 Å². The largest absolute Gasteiger partial charge is 0.508 e. The van der Waals surface area contributed by atoms with Crippen LogP contribution in [0.15, 0.2) is 53.3 Å². The lowest BCUT2D eigenvalue weighted by Crippen LogP contribution is -2.75. The lowest BCUT2D eigenvalue weighted by molar-refractivity contribution is -0.215. The molecule has 0 bridgehead atoms. The van der Waals surface area contributed by atoms with Crippen LogP contribution in [0.3, 0.4) is 0 Å². The number of hydrogen-bond donors (Lipinski definition) is 5. The van der Waals surface area contributed by atoms with Gasteiger partial charge in [-0.15, -0.1) is 0 Å². The zero-order chi connectivity index (χ0) is 34.5. The second-order valence-corrected chi connectivity index (χ2v) is 15.0. The minimum atomic E-state index is -2.91. The molecule has 8 nitrogen and oxygen atoms in total. The van der Waals surface area contributed by atoms with E-state index in [2.05, 4.69) is 20.8 Å². The van der Waals surface area contributed by atoms with Gasteiger partial charge in [0.1, 0.15) is 22.8 Å². The minimum Gasteiger partial charge on any atom is -0.508 e. The van der Waals surface area contributed by atoms with E-state index < -0.39 is 74.7 Å². The third kappa shape index (κ3) is 4.15. The Kier molecular flexibility index (Phi) is 7.62. The zero-order valence-corrected chi connectivity index (χ0v) is 27.9. The molecule has 2 aromatic rings. The lowest BCUT2D eigenvalue weighted by Gasteiger charge is -2.63. The predicted octanol–water partition coefficient (Wildman–Crippen LogP) is 6.19. The Morgan fingerprint density at radius 1 is 0.957 bits per heavy atom. The van der Waals surface area contributed by atoms with Gasteiger partial charge in [0.15, 0.2) is 17.2 Å². The normalized spacial score (nSPS) is 31.3. The number of fused-ring (bicyclic) bond motifs is 3. The molecule has 1 unspecified atom stereocenters. The summed E-state index contributed by atoms with van der Waals surface area (Å²) in [5.41, 5.74) is -4.69. The van der Waals surface area contributed by atoms with Gasteiger partial charge in [-0.05, 0) is 40.9 Å². The molecule has 0 amide bonds. The molecular formula is C38H44O8. The van der Waals surface area contributed by atoms with E-state index in [9.17, 15) is 39.9 Å². The molecule has 6 atom stereocenters. The number of ketones is 3. The second-order valence-electron chi connectivity index (χ2n) is 15.0. The summed E-state index contributed by atoms with van der Waals surface area (Å²) in [5.74, 6) is -7.28. The molecule has 0 saturated heterocycles. The molecule has 2 aromatic carbocycles. The van der Waals surface area contributed by atoms with Crippen LogP contribution in [0.5, 0.6) is 5.75 Å². The van der Waals surface area contributed by atoms with E-state index in [1.54, 1.807) is 45.9 Å². The van der Waals surface area contributed by atoms with Crippen LogP contribution < -0.4 is 0 Å². The van der Waals surface area contributed by atoms with Gasteiger partial charge in [0, 0.05) is 22.3 Å². The molecule has 5 N–H and O–H groups in total. The number of phenolic OH excluding ortho intramolecular Hbond substituents is 1. The van der Waals surface area contributed by atoms with Crippen molar-refractivity contribution >= 4 is 35.3 Å². The van der Waals surface area contributed by atoms with Gasteiger partial charge in [-0.25, -0.2) is 0 Å². The van der Waals surface area contributed by atoms with E-state index in [4.69, 9.17) is 0 Å². The number of carbonyl (C=O) groups excluding carboxylic acids is 3. The maximum Gasteiger partial charge on any atom is 0.203 e. The molecule has 1 fully saturated rings. The molecule has 46 heavy (non-hydrogen) atoms. The Hall–Kier alpha value is -4.01. The van der Waals surface area contributed by atoms with Crippen LogP contribution in [0.1, 0.15) is 96.0 Å². The van der Waals surface area contributed by atoms with Gasteiger partial charge < -0.3 is 25.5 Å².